The van der Waals surface area contributed by atoms with Crippen LogP contribution in [0.15, 0.2) is 16.6 Å². The second-order valence-electron chi connectivity index (χ2n) is 2.73. The molecule has 0 aromatic heterocycles. The molecule has 100 valence electrons. The average Bonchev–Trinajstić information content (AvgIpc) is 2.20. The van der Waals surface area contributed by atoms with Crippen LogP contribution in [0.1, 0.15) is 0 Å². The summed E-state index contributed by atoms with van der Waals surface area (Å²) in [6, 6.07) is 2.39. The van der Waals surface area contributed by atoms with Crippen molar-refractivity contribution < 1.29 is 28.9 Å². The second kappa shape index (κ2) is 7.33. The number of nitrogens with two attached hydrogens (primary N) is 1. The molecule has 0 radical (unpaired) electrons. The molecule has 0 unspecified atom stereocenters. The van der Waals surface area contributed by atoms with Crippen molar-refractivity contribution in [1.29, 1.82) is 0 Å². The summed E-state index contributed by atoms with van der Waals surface area (Å²) in [5.74, 6) is -0.577. The molecular formula is C9H10BrFN2O5. The molecule has 0 saturated carbocycles. The van der Waals surface area contributed by atoms with Gasteiger partial charge in [0.05, 0.1) is 12.8 Å². The van der Waals surface area contributed by atoms with Crippen molar-refractivity contribution in [2.75, 3.05) is 12.4 Å². The average molecular weight is 325 g/mol. The number of anilines is 1. The number of amides is 2. The molecule has 0 saturated heterocycles. The van der Waals surface area contributed by atoms with E-state index in [1.165, 1.54) is 13.2 Å². The van der Waals surface area contributed by atoms with E-state index in [2.05, 4.69) is 27.0 Å². The lowest BCUT2D eigenvalue weighted by Crippen LogP contribution is -2.08. The highest BCUT2D eigenvalue weighted by atomic mass is 79.9. The van der Waals surface area contributed by atoms with E-state index in [-0.39, 0.29) is 11.4 Å². The number of hydrogen-bond donors (Lipinski definition) is 4. The summed E-state index contributed by atoms with van der Waals surface area (Å²) in [5.41, 5.74) is 4.26. The smallest absolute Gasteiger partial charge is 0.409 e. The number of rotatable bonds is 2. The highest BCUT2D eigenvalue weighted by Gasteiger charge is 2.10. The first-order chi connectivity index (χ1) is 8.27. The molecule has 0 fully saturated rings. The minimum Gasteiger partial charge on any atom is -0.494 e. The van der Waals surface area contributed by atoms with E-state index in [4.69, 9.17) is 19.7 Å². The van der Waals surface area contributed by atoms with Crippen LogP contribution in [0.2, 0.25) is 0 Å². The number of carbonyl (C=O) groups is 2. The van der Waals surface area contributed by atoms with Gasteiger partial charge in [0.2, 0.25) is 0 Å². The van der Waals surface area contributed by atoms with Crippen LogP contribution in [0.5, 0.6) is 5.75 Å². The van der Waals surface area contributed by atoms with Crippen molar-refractivity contribution in [3.8, 4) is 5.75 Å². The van der Waals surface area contributed by atoms with Gasteiger partial charge < -0.3 is 20.7 Å². The number of hydrogen-bond acceptors (Lipinski definition) is 3. The highest BCUT2D eigenvalue weighted by molar-refractivity contribution is 9.10. The quantitative estimate of drug-likeness (QED) is 0.665. The molecule has 0 bridgehead atoms. The number of benzene rings is 1. The van der Waals surface area contributed by atoms with Crippen LogP contribution in [0, 0.1) is 5.82 Å². The number of ether oxygens (including phenoxy) is 1. The van der Waals surface area contributed by atoms with E-state index in [9.17, 15) is 9.18 Å². The van der Waals surface area contributed by atoms with E-state index in [1.54, 1.807) is 0 Å². The van der Waals surface area contributed by atoms with Gasteiger partial charge in [0.1, 0.15) is 0 Å². The Morgan fingerprint density at radius 2 is 1.94 bits per heavy atom. The third-order valence-corrected chi connectivity index (χ3v) is 2.14. The van der Waals surface area contributed by atoms with Crippen molar-refractivity contribution in [1.82, 2.24) is 0 Å². The Morgan fingerprint density at radius 1 is 1.44 bits per heavy atom. The number of primary amides is 1. The number of nitrogens with one attached hydrogen (secondary N) is 1. The van der Waals surface area contributed by atoms with E-state index in [0.717, 1.165) is 6.07 Å². The molecule has 1 rings (SSSR count). The van der Waals surface area contributed by atoms with Crippen molar-refractivity contribution in [2.45, 2.75) is 0 Å². The van der Waals surface area contributed by atoms with Crippen molar-refractivity contribution in [2.24, 2.45) is 5.73 Å². The summed E-state index contributed by atoms with van der Waals surface area (Å²) < 4.78 is 18.0. The number of halogens is 2. The van der Waals surface area contributed by atoms with Gasteiger partial charge in [-0.1, -0.05) is 0 Å². The molecule has 2 amide bonds. The van der Waals surface area contributed by atoms with Gasteiger partial charge >= 0.3 is 12.2 Å². The van der Waals surface area contributed by atoms with Crippen LogP contribution in [-0.4, -0.2) is 29.5 Å². The van der Waals surface area contributed by atoms with E-state index >= 15 is 0 Å². The van der Waals surface area contributed by atoms with Crippen LogP contribution in [-0.2, 0) is 0 Å². The maximum atomic E-state index is 13.0. The molecule has 0 aliphatic heterocycles. The van der Waals surface area contributed by atoms with E-state index < -0.39 is 18.0 Å². The second-order valence-corrected chi connectivity index (χ2v) is 3.59. The molecule has 1 aromatic rings. The van der Waals surface area contributed by atoms with Crippen LogP contribution in [0.4, 0.5) is 19.7 Å². The van der Waals surface area contributed by atoms with Gasteiger partial charge in [0.15, 0.2) is 11.6 Å². The fourth-order valence-electron chi connectivity index (χ4n) is 0.897. The maximum Gasteiger partial charge on any atom is 0.409 e. The van der Waals surface area contributed by atoms with Gasteiger partial charge in [0, 0.05) is 10.5 Å². The number of methoxy groups -OCH3 is 1. The van der Waals surface area contributed by atoms with Crippen LogP contribution < -0.4 is 15.8 Å². The molecule has 5 N–H and O–H groups in total. The summed E-state index contributed by atoms with van der Waals surface area (Å²) >= 11 is 3.02. The summed E-state index contributed by atoms with van der Waals surface area (Å²) in [4.78, 5) is 19.1. The van der Waals surface area contributed by atoms with Gasteiger partial charge in [-0.25, -0.2) is 14.0 Å². The first-order valence-corrected chi connectivity index (χ1v) is 5.08. The minimum atomic E-state index is -1.33. The molecule has 1 aromatic carbocycles. The molecule has 0 aliphatic rings. The minimum absolute atomic E-state index is 0.0167. The fraction of sp³-hybridized carbons (Fsp3) is 0.111. The van der Waals surface area contributed by atoms with Crippen LogP contribution >= 0.6 is 15.9 Å². The fourth-order valence-corrected chi connectivity index (χ4v) is 1.31. The van der Waals surface area contributed by atoms with E-state index in [1.807, 2.05) is 0 Å². The SMILES string of the molecule is COc1cc(NC(=O)O)c(Br)cc1F.NC(=O)O. The third kappa shape index (κ3) is 5.89. The predicted octanol–water partition coefficient (Wildman–Crippen LogP) is 2.31. The molecule has 18 heavy (non-hydrogen) atoms. The zero-order valence-electron chi connectivity index (χ0n) is 9.11. The molecule has 0 heterocycles. The third-order valence-electron chi connectivity index (χ3n) is 1.48. The van der Waals surface area contributed by atoms with Crippen LogP contribution in [0.25, 0.3) is 0 Å². The van der Waals surface area contributed by atoms with Crippen molar-refractivity contribution in [3.05, 3.63) is 22.4 Å². The largest absolute Gasteiger partial charge is 0.494 e. The Bertz CT molecular complexity index is 451. The first-order valence-electron chi connectivity index (χ1n) is 4.29. The molecular weight excluding hydrogens is 315 g/mol. The molecule has 0 spiro atoms. The topological polar surface area (TPSA) is 122 Å². The first kappa shape index (κ1) is 16.0. The monoisotopic (exact) mass is 324 g/mol. The highest BCUT2D eigenvalue weighted by Crippen LogP contribution is 2.29. The van der Waals surface area contributed by atoms with Gasteiger partial charge in [-0.05, 0) is 22.0 Å². The predicted molar refractivity (Wildman–Crippen MR) is 64.5 cm³/mol. The van der Waals surface area contributed by atoms with E-state index in [0.29, 0.717) is 4.47 Å². The Hall–Kier alpha value is -2.03. The van der Waals surface area contributed by atoms with Gasteiger partial charge in [-0.15, -0.1) is 0 Å². The summed E-state index contributed by atoms with van der Waals surface area (Å²) in [6.45, 7) is 0. The van der Waals surface area contributed by atoms with Gasteiger partial charge in [-0.2, -0.15) is 0 Å². The van der Waals surface area contributed by atoms with Crippen molar-refractivity contribution in [3.63, 3.8) is 0 Å². The summed E-state index contributed by atoms with van der Waals surface area (Å²) in [7, 11) is 1.30. The summed E-state index contributed by atoms with van der Waals surface area (Å²) in [6.07, 6.45) is -2.56. The Labute approximate surface area is 109 Å². The lowest BCUT2D eigenvalue weighted by atomic mass is 10.3. The lowest BCUT2D eigenvalue weighted by Gasteiger charge is -2.07. The summed E-state index contributed by atoms with van der Waals surface area (Å²) in [5, 5.41) is 17.8. The Balaban J connectivity index is 0.000000631. The lowest BCUT2D eigenvalue weighted by molar-refractivity contribution is 0.205. The van der Waals surface area contributed by atoms with Crippen LogP contribution in [0.3, 0.4) is 0 Å². The van der Waals surface area contributed by atoms with Gasteiger partial charge in [-0.3, -0.25) is 5.32 Å². The standard InChI is InChI=1S/C8H7BrFNO3.CH3NO2/c1-14-7-3-6(11-8(12)13)4(9)2-5(7)10;2-1(3)4/h2-3,11H,1H3,(H,12,13);2H2,(H,3,4). The molecule has 9 heteroatoms. The van der Waals surface area contributed by atoms with Gasteiger partial charge in [0.25, 0.3) is 0 Å². The molecule has 0 atom stereocenters. The van der Waals surface area contributed by atoms with Crippen molar-refractivity contribution >= 4 is 33.8 Å². The molecule has 0 aliphatic carbocycles. The normalized spacial score (nSPS) is 8.83. The Kier molecular flexibility index (Phi) is 6.50. The maximum absolute atomic E-state index is 13.0. The zero-order valence-corrected chi connectivity index (χ0v) is 10.7. The Morgan fingerprint density at radius 3 is 2.33 bits per heavy atom. The number of carboxylic acid groups (broad SMARTS) is 2. The molecule has 7 nitrogen and oxygen atoms in total. The zero-order chi connectivity index (χ0) is 14.3.